The summed E-state index contributed by atoms with van der Waals surface area (Å²) in [6.45, 7) is 9.93. The van der Waals surface area contributed by atoms with E-state index in [4.69, 9.17) is 0 Å². The molecule has 18 heavy (non-hydrogen) atoms. The van der Waals surface area contributed by atoms with Crippen LogP contribution in [0.4, 0.5) is 5.69 Å². The molecule has 3 nitrogen and oxygen atoms in total. The molecule has 98 valence electrons. The van der Waals surface area contributed by atoms with Crippen LogP contribution in [0.2, 0.25) is 0 Å². The SMILES string of the molecule is C=CCNC(=O)CCN(CC)c1cccc(C)c1. The molecule has 0 aromatic heterocycles. The van der Waals surface area contributed by atoms with Crippen LogP contribution in [-0.4, -0.2) is 25.5 Å². The Morgan fingerprint density at radius 1 is 1.50 bits per heavy atom. The Bertz CT molecular complexity index is 401. The molecule has 1 aromatic carbocycles. The van der Waals surface area contributed by atoms with Crippen molar-refractivity contribution in [3.63, 3.8) is 0 Å². The second-order valence-corrected chi connectivity index (χ2v) is 4.26. The van der Waals surface area contributed by atoms with Crippen molar-refractivity contribution in [2.45, 2.75) is 20.3 Å². The van der Waals surface area contributed by atoms with Crippen LogP contribution in [0.25, 0.3) is 0 Å². The first-order valence-electron chi connectivity index (χ1n) is 6.36. The Balaban J connectivity index is 2.52. The van der Waals surface area contributed by atoms with Gasteiger partial charge in [0.15, 0.2) is 0 Å². The summed E-state index contributed by atoms with van der Waals surface area (Å²) < 4.78 is 0. The molecule has 1 N–H and O–H groups in total. The molecule has 0 saturated carbocycles. The maximum absolute atomic E-state index is 11.5. The lowest BCUT2D eigenvalue weighted by atomic mass is 10.2. The Hall–Kier alpha value is -1.77. The molecule has 0 fully saturated rings. The van der Waals surface area contributed by atoms with E-state index in [0.29, 0.717) is 13.0 Å². The zero-order valence-electron chi connectivity index (χ0n) is 11.3. The largest absolute Gasteiger partial charge is 0.371 e. The predicted molar refractivity (Wildman–Crippen MR) is 76.9 cm³/mol. The van der Waals surface area contributed by atoms with Crippen LogP contribution in [0.3, 0.4) is 0 Å². The summed E-state index contributed by atoms with van der Waals surface area (Å²) >= 11 is 0. The van der Waals surface area contributed by atoms with Crippen LogP contribution in [0.5, 0.6) is 0 Å². The van der Waals surface area contributed by atoms with E-state index >= 15 is 0 Å². The fourth-order valence-electron chi connectivity index (χ4n) is 1.81. The van der Waals surface area contributed by atoms with Crippen molar-refractivity contribution in [2.75, 3.05) is 24.5 Å². The van der Waals surface area contributed by atoms with E-state index in [9.17, 15) is 4.79 Å². The Morgan fingerprint density at radius 3 is 2.89 bits per heavy atom. The van der Waals surface area contributed by atoms with Gasteiger partial charge in [-0.2, -0.15) is 0 Å². The van der Waals surface area contributed by atoms with Gasteiger partial charge in [-0.1, -0.05) is 18.2 Å². The molecule has 1 amide bonds. The fraction of sp³-hybridized carbons (Fsp3) is 0.400. The number of anilines is 1. The average molecular weight is 246 g/mol. The highest BCUT2D eigenvalue weighted by Crippen LogP contribution is 2.15. The second kappa shape index (κ2) is 7.54. The molecule has 1 rings (SSSR count). The standard InChI is InChI=1S/C15H22N2O/c1-4-10-16-15(18)9-11-17(5-2)14-8-6-7-13(3)12-14/h4,6-8,12H,1,5,9-11H2,2-3H3,(H,16,18). The Labute approximate surface area is 109 Å². The topological polar surface area (TPSA) is 32.3 Å². The van der Waals surface area contributed by atoms with Crippen molar-refractivity contribution in [1.82, 2.24) is 5.32 Å². The van der Waals surface area contributed by atoms with Crippen LogP contribution >= 0.6 is 0 Å². The molecule has 0 spiro atoms. The van der Waals surface area contributed by atoms with Gasteiger partial charge >= 0.3 is 0 Å². The van der Waals surface area contributed by atoms with E-state index in [1.807, 2.05) is 6.07 Å². The first kappa shape index (κ1) is 14.3. The van der Waals surface area contributed by atoms with E-state index in [1.54, 1.807) is 6.08 Å². The third-order valence-corrected chi connectivity index (χ3v) is 2.80. The number of nitrogens with zero attached hydrogens (tertiary/aromatic N) is 1. The number of nitrogens with one attached hydrogen (secondary N) is 1. The van der Waals surface area contributed by atoms with Crippen molar-refractivity contribution >= 4 is 11.6 Å². The Kier molecular flexibility index (Phi) is 5.98. The lowest BCUT2D eigenvalue weighted by Crippen LogP contribution is -2.30. The quantitative estimate of drug-likeness (QED) is 0.750. The molecule has 0 bridgehead atoms. The summed E-state index contributed by atoms with van der Waals surface area (Å²) in [6, 6.07) is 8.35. The summed E-state index contributed by atoms with van der Waals surface area (Å²) in [7, 11) is 0. The van der Waals surface area contributed by atoms with Gasteiger partial charge in [0.05, 0.1) is 0 Å². The highest BCUT2D eigenvalue weighted by Gasteiger charge is 2.07. The molecule has 0 aliphatic carbocycles. The first-order valence-corrected chi connectivity index (χ1v) is 6.36. The van der Waals surface area contributed by atoms with Crippen LogP contribution in [0.1, 0.15) is 18.9 Å². The number of aryl methyl sites for hydroxylation is 1. The number of hydrogen-bond acceptors (Lipinski definition) is 2. The van der Waals surface area contributed by atoms with Crippen LogP contribution in [0, 0.1) is 6.92 Å². The summed E-state index contributed by atoms with van der Waals surface area (Å²) in [4.78, 5) is 13.7. The Morgan fingerprint density at radius 2 is 2.28 bits per heavy atom. The van der Waals surface area contributed by atoms with E-state index in [1.165, 1.54) is 11.3 Å². The molecular formula is C15H22N2O. The minimum atomic E-state index is 0.0704. The number of carbonyl (C=O) groups is 1. The van der Waals surface area contributed by atoms with Gasteiger partial charge in [-0.05, 0) is 31.5 Å². The zero-order valence-corrected chi connectivity index (χ0v) is 11.3. The highest BCUT2D eigenvalue weighted by molar-refractivity contribution is 5.76. The van der Waals surface area contributed by atoms with E-state index in [0.717, 1.165) is 13.1 Å². The average Bonchev–Trinajstić information content (AvgIpc) is 2.37. The fourth-order valence-corrected chi connectivity index (χ4v) is 1.81. The van der Waals surface area contributed by atoms with Gasteiger partial charge in [-0.3, -0.25) is 4.79 Å². The van der Waals surface area contributed by atoms with Crippen molar-refractivity contribution < 1.29 is 4.79 Å². The lowest BCUT2D eigenvalue weighted by Gasteiger charge is -2.23. The van der Waals surface area contributed by atoms with Crippen LogP contribution in [0.15, 0.2) is 36.9 Å². The van der Waals surface area contributed by atoms with Crippen molar-refractivity contribution in [3.05, 3.63) is 42.5 Å². The summed E-state index contributed by atoms with van der Waals surface area (Å²) in [6.07, 6.45) is 2.20. The first-order chi connectivity index (χ1) is 8.67. The number of benzene rings is 1. The van der Waals surface area contributed by atoms with Gasteiger partial charge in [0.1, 0.15) is 0 Å². The minimum absolute atomic E-state index is 0.0704. The molecular weight excluding hydrogens is 224 g/mol. The number of rotatable bonds is 7. The monoisotopic (exact) mass is 246 g/mol. The second-order valence-electron chi connectivity index (χ2n) is 4.26. The van der Waals surface area contributed by atoms with Crippen LogP contribution < -0.4 is 10.2 Å². The van der Waals surface area contributed by atoms with Gasteiger partial charge in [0.25, 0.3) is 0 Å². The van der Waals surface area contributed by atoms with Gasteiger partial charge in [0.2, 0.25) is 5.91 Å². The number of amides is 1. The molecule has 1 aromatic rings. The molecule has 0 radical (unpaired) electrons. The smallest absolute Gasteiger partial charge is 0.222 e. The molecule has 0 aliphatic heterocycles. The predicted octanol–water partition coefficient (Wildman–Crippen LogP) is 2.51. The van der Waals surface area contributed by atoms with Crippen molar-refractivity contribution in [3.8, 4) is 0 Å². The van der Waals surface area contributed by atoms with E-state index in [2.05, 4.69) is 48.8 Å². The third kappa shape index (κ3) is 4.62. The summed E-state index contributed by atoms with van der Waals surface area (Å²) in [5.74, 6) is 0.0704. The highest BCUT2D eigenvalue weighted by atomic mass is 16.1. The van der Waals surface area contributed by atoms with Crippen LogP contribution in [-0.2, 0) is 4.79 Å². The zero-order chi connectivity index (χ0) is 13.4. The normalized spacial score (nSPS) is 9.89. The third-order valence-electron chi connectivity index (χ3n) is 2.80. The summed E-state index contributed by atoms with van der Waals surface area (Å²) in [5.41, 5.74) is 2.41. The van der Waals surface area contributed by atoms with Gasteiger partial charge < -0.3 is 10.2 Å². The lowest BCUT2D eigenvalue weighted by molar-refractivity contribution is -0.120. The number of carbonyl (C=O) groups excluding carboxylic acids is 1. The van der Waals surface area contributed by atoms with Crippen molar-refractivity contribution in [1.29, 1.82) is 0 Å². The van der Waals surface area contributed by atoms with Crippen molar-refractivity contribution in [2.24, 2.45) is 0 Å². The minimum Gasteiger partial charge on any atom is -0.371 e. The molecule has 0 heterocycles. The van der Waals surface area contributed by atoms with Gasteiger partial charge in [-0.25, -0.2) is 0 Å². The molecule has 0 unspecified atom stereocenters. The maximum atomic E-state index is 11.5. The maximum Gasteiger partial charge on any atom is 0.222 e. The molecule has 0 atom stereocenters. The van der Waals surface area contributed by atoms with E-state index < -0.39 is 0 Å². The summed E-state index contributed by atoms with van der Waals surface area (Å²) in [5, 5.41) is 2.79. The van der Waals surface area contributed by atoms with Gasteiger partial charge in [-0.15, -0.1) is 6.58 Å². The molecule has 0 saturated heterocycles. The van der Waals surface area contributed by atoms with E-state index in [-0.39, 0.29) is 5.91 Å². The van der Waals surface area contributed by atoms with Gasteiger partial charge in [0, 0.05) is 31.7 Å². The molecule has 3 heteroatoms. The molecule has 0 aliphatic rings. The number of hydrogen-bond donors (Lipinski definition) is 1.